The van der Waals surface area contributed by atoms with Crippen LogP contribution in [0.2, 0.25) is 0 Å². The van der Waals surface area contributed by atoms with Gasteiger partial charge < -0.3 is 9.47 Å². The van der Waals surface area contributed by atoms with Crippen LogP contribution >= 0.6 is 0 Å². The van der Waals surface area contributed by atoms with Gasteiger partial charge in [0.25, 0.3) is 0 Å². The van der Waals surface area contributed by atoms with Crippen molar-refractivity contribution in [2.75, 3.05) is 7.11 Å². The molecule has 2 nitrogen and oxygen atoms in total. The molecule has 0 bridgehead atoms. The fourth-order valence-corrected chi connectivity index (χ4v) is 4.73. The Morgan fingerprint density at radius 1 is 0.829 bits per heavy atom. The van der Waals surface area contributed by atoms with Crippen LogP contribution in [0.25, 0.3) is 0 Å². The monoisotopic (exact) mass is 486 g/mol. The molecule has 0 saturated carbocycles. The second-order valence-electron chi connectivity index (χ2n) is 10.3. The maximum absolute atomic E-state index is 6.66. The number of hydrogen-bond donors (Lipinski definition) is 0. The normalized spacial score (nSPS) is 17.2. The second-order valence-corrected chi connectivity index (χ2v) is 10.3. The minimum Gasteiger partial charge on any atom is -0.496 e. The molecule has 2 heteroatoms. The molecular formula is C33H58O2. The fourth-order valence-electron chi connectivity index (χ4n) is 4.73. The molecule has 0 aliphatic carbocycles. The Hall–Kier alpha value is -1.96. The third kappa shape index (κ3) is 9.90. The van der Waals surface area contributed by atoms with Crippen LogP contribution in [-0.4, -0.2) is 12.7 Å². The van der Waals surface area contributed by atoms with E-state index in [-0.39, 0.29) is 27.9 Å². The summed E-state index contributed by atoms with van der Waals surface area (Å²) in [5.74, 6) is 2.12. The Kier molecular flexibility index (Phi) is 16.0. The van der Waals surface area contributed by atoms with Gasteiger partial charge in [-0.15, -0.1) is 0 Å². The Labute approximate surface area is 219 Å². The average Bonchev–Trinajstić information content (AvgIpc) is 2.72. The predicted molar refractivity (Wildman–Crippen MR) is 159 cm³/mol. The molecule has 1 heterocycles. The molecule has 35 heavy (non-hydrogen) atoms. The van der Waals surface area contributed by atoms with E-state index in [0.717, 1.165) is 56.4 Å². The largest absolute Gasteiger partial charge is 0.496 e. The topological polar surface area (TPSA) is 18.5 Å². The van der Waals surface area contributed by atoms with Gasteiger partial charge in [0, 0.05) is 5.56 Å². The van der Waals surface area contributed by atoms with Crippen molar-refractivity contribution in [3.05, 3.63) is 57.2 Å². The summed E-state index contributed by atoms with van der Waals surface area (Å²) in [5, 5.41) is 0. The highest BCUT2D eigenvalue weighted by molar-refractivity contribution is 5.58. The number of ether oxygens (including phenoxy) is 2. The quantitative estimate of drug-likeness (QED) is 0.306. The van der Waals surface area contributed by atoms with Crippen molar-refractivity contribution < 1.29 is 9.47 Å². The number of allylic oxidation sites excluding steroid dienone is 6. The third-order valence-electron chi connectivity index (χ3n) is 7.06. The van der Waals surface area contributed by atoms with E-state index in [1.54, 1.807) is 7.11 Å². The summed E-state index contributed by atoms with van der Waals surface area (Å²) in [7, 11) is 1.77. The molecule has 0 spiro atoms. The molecule has 202 valence electrons. The van der Waals surface area contributed by atoms with Gasteiger partial charge in [0.15, 0.2) is 0 Å². The number of benzene rings is 1. The molecule has 0 aromatic heterocycles. The standard InChI is InChI=1S/C30H46O2.3CH4/c1-21(2)13-10-14-22(3)15-11-16-23(4)17-12-19-30(8)20-18-27-26(7)28(31-9)24(5)25(6)29(27)32-30;;;/h13,15,17H,10-12,14,16,18-20H2,1-9H3;3*1H4. The Bertz CT molecular complexity index is 881. The van der Waals surface area contributed by atoms with Gasteiger partial charge in [-0.05, 0) is 123 Å². The zero-order valence-corrected chi connectivity index (χ0v) is 22.2. The lowest BCUT2D eigenvalue weighted by molar-refractivity contribution is 0.0558. The van der Waals surface area contributed by atoms with Crippen molar-refractivity contribution in [1.29, 1.82) is 0 Å². The summed E-state index contributed by atoms with van der Waals surface area (Å²) in [5.41, 5.74) is 9.33. The minimum atomic E-state index is -0.0938. The zero-order valence-electron chi connectivity index (χ0n) is 22.2. The molecule has 1 aliphatic heterocycles. The van der Waals surface area contributed by atoms with Crippen LogP contribution in [0.1, 0.15) is 124 Å². The van der Waals surface area contributed by atoms with E-state index in [2.05, 4.69) is 73.6 Å². The van der Waals surface area contributed by atoms with Crippen molar-refractivity contribution in [1.82, 2.24) is 0 Å². The van der Waals surface area contributed by atoms with E-state index >= 15 is 0 Å². The van der Waals surface area contributed by atoms with Crippen LogP contribution in [0, 0.1) is 20.8 Å². The van der Waals surface area contributed by atoms with Crippen LogP contribution in [0.5, 0.6) is 11.5 Å². The molecular weight excluding hydrogens is 428 g/mol. The molecule has 1 unspecified atom stereocenters. The van der Waals surface area contributed by atoms with Crippen LogP contribution in [0.3, 0.4) is 0 Å². The van der Waals surface area contributed by atoms with E-state index in [1.165, 1.54) is 45.4 Å². The van der Waals surface area contributed by atoms with E-state index in [9.17, 15) is 0 Å². The lowest BCUT2D eigenvalue weighted by atomic mass is 9.85. The van der Waals surface area contributed by atoms with E-state index in [1.807, 2.05) is 0 Å². The molecule has 0 saturated heterocycles. The van der Waals surface area contributed by atoms with Crippen molar-refractivity contribution in [2.24, 2.45) is 0 Å². The summed E-state index contributed by atoms with van der Waals surface area (Å²) in [6.45, 7) is 17.6. The maximum Gasteiger partial charge on any atom is 0.127 e. The highest BCUT2D eigenvalue weighted by atomic mass is 16.5. The van der Waals surface area contributed by atoms with E-state index < -0.39 is 0 Å². The Morgan fingerprint density at radius 3 is 1.91 bits per heavy atom. The van der Waals surface area contributed by atoms with E-state index in [4.69, 9.17) is 9.47 Å². The molecule has 0 amide bonds. The summed E-state index contributed by atoms with van der Waals surface area (Å²) in [6, 6.07) is 0. The van der Waals surface area contributed by atoms with Crippen LogP contribution in [0.15, 0.2) is 34.9 Å². The van der Waals surface area contributed by atoms with Gasteiger partial charge >= 0.3 is 0 Å². The van der Waals surface area contributed by atoms with Gasteiger partial charge in [-0.25, -0.2) is 0 Å². The van der Waals surface area contributed by atoms with Crippen molar-refractivity contribution >= 4 is 0 Å². The Morgan fingerprint density at radius 2 is 1.37 bits per heavy atom. The first-order valence-corrected chi connectivity index (χ1v) is 12.4. The van der Waals surface area contributed by atoms with Gasteiger partial charge in [-0.3, -0.25) is 0 Å². The molecule has 1 aromatic rings. The maximum atomic E-state index is 6.66. The molecule has 1 aromatic carbocycles. The predicted octanol–water partition coefficient (Wildman–Crippen LogP) is 10.8. The zero-order chi connectivity index (χ0) is 23.9. The first-order chi connectivity index (χ1) is 15.1. The lowest BCUT2D eigenvalue weighted by Crippen LogP contribution is -2.37. The van der Waals surface area contributed by atoms with Gasteiger partial charge in [0.1, 0.15) is 17.1 Å². The van der Waals surface area contributed by atoms with Crippen LogP contribution in [-0.2, 0) is 6.42 Å². The van der Waals surface area contributed by atoms with E-state index in [0.29, 0.717) is 0 Å². The fraction of sp³-hybridized carbons (Fsp3) is 0.636. The smallest absolute Gasteiger partial charge is 0.127 e. The number of hydrogen-bond acceptors (Lipinski definition) is 2. The van der Waals surface area contributed by atoms with Gasteiger partial charge in [-0.2, -0.15) is 0 Å². The molecule has 0 fully saturated rings. The summed E-state index contributed by atoms with van der Waals surface area (Å²) >= 11 is 0. The Balaban J connectivity index is 0. The average molecular weight is 487 g/mol. The van der Waals surface area contributed by atoms with Crippen LogP contribution < -0.4 is 9.47 Å². The number of fused-ring (bicyclic) bond motifs is 1. The highest BCUT2D eigenvalue weighted by Crippen LogP contribution is 2.44. The molecule has 2 rings (SSSR count). The van der Waals surface area contributed by atoms with Gasteiger partial charge in [0.05, 0.1) is 7.11 Å². The van der Waals surface area contributed by atoms with Crippen molar-refractivity contribution in [3.8, 4) is 11.5 Å². The summed E-state index contributed by atoms with van der Waals surface area (Å²) in [4.78, 5) is 0. The molecule has 1 aliphatic rings. The molecule has 0 radical (unpaired) electrons. The number of rotatable bonds is 10. The SMILES string of the molecule is C.C.C.COc1c(C)c(C)c2c(c1C)CCC(C)(CCC=C(C)CCC=C(C)CCC=C(C)C)O2. The molecule has 1 atom stereocenters. The summed E-state index contributed by atoms with van der Waals surface area (Å²) < 4.78 is 12.3. The first kappa shape index (κ1) is 35.2. The lowest BCUT2D eigenvalue weighted by Gasteiger charge is -2.38. The molecule has 0 N–H and O–H groups in total. The van der Waals surface area contributed by atoms with Crippen molar-refractivity contribution in [3.63, 3.8) is 0 Å². The third-order valence-corrected chi connectivity index (χ3v) is 7.06. The highest BCUT2D eigenvalue weighted by Gasteiger charge is 2.34. The van der Waals surface area contributed by atoms with Crippen LogP contribution in [0.4, 0.5) is 0 Å². The first-order valence-electron chi connectivity index (χ1n) is 12.4. The number of methoxy groups -OCH3 is 1. The van der Waals surface area contributed by atoms with Gasteiger partial charge in [0.2, 0.25) is 0 Å². The van der Waals surface area contributed by atoms with Crippen molar-refractivity contribution in [2.45, 2.75) is 135 Å². The van der Waals surface area contributed by atoms with Gasteiger partial charge in [-0.1, -0.05) is 57.2 Å². The summed E-state index contributed by atoms with van der Waals surface area (Å²) in [6.07, 6.45) is 16.1. The second kappa shape index (κ2) is 15.9. The minimum absolute atomic E-state index is 0.